The maximum atomic E-state index is 5.82. The van der Waals surface area contributed by atoms with Crippen LogP contribution in [0, 0.1) is 0 Å². The molecule has 0 amide bonds. The molecular weight excluding hydrogens is 176 g/mol. The van der Waals surface area contributed by atoms with Gasteiger partial charge in [0.15, 0.2) is 0 Å². The molecule has 2 aliphatic rings. The third-order valence-electron chi connectivity index (χ3n) is 3.48. The minimum atomic E-state index is 0.309. The van der Waals surface area contributed by atoms with Crippen molar-refractivity contribution in [1.29, 1.82) is 0 Å². The van der Waals surface area contributed by atoms with Gasteiger partial charge in [-0.05, 0) is 32.2 Å². The standard InChI is InChI=1S/C11H16N2O/c1-11(4-5-11)9-7-13-10(14-9)8-3-2-6-12-8/h7-8,12H,2-6H2,1H3. The van der Waals surface area contributed by atoms with Crippen molar-refractivity contribution < 1.29 is 4.42 Å². The number of hydrogen-bond acceptors (Lipinski definition) is 3. The van der Waals surface area contributed by atoms with E-state index in [0.29, 0.717) is 11.5 Å². The van der Waals surface area contributed by atoms with E-state index >= 15 is 0 Å². The number of aromatic nitrogens is 1. The highest BCUT2D eigenvalue weighted by atomic mass is 16.4. The van der Waals surface area contributed by atoms with E-state index in [1.54, 1.807) is 0 Å². The summed E-state index contributed by atoms with van der Waals surface area (Å²) in [7, 11) is 0. The van der Waals surface area contributed by atoms with Crippen LogP contribution in [0.1, 0.15) is 50.3 Å². The highest BCUT2D eigenvalue weighted by molar-refractivity contribution is 5.18. The highest BCUT2D eigenvalue weighted by Crippen LogP contribution is 2.48. The molecule has 1 atom stereocenters. The van der Waals surface area contributed by atoms with Crippen LogP contribution in [0.3, 0.4) is 0 Å². The minimum absolute atomic E-state index is 0.309. The van der Waals surface area contributed by atoms with Gasteiger partial charge in [0.1, 0.15) is 5.76 Å². The normalized spacial score (nSPS) is 29.4. The van der Waals surface area contributed by atoms with E-state index in [9.17, 15) is 0 Å². The van der Waals surface area contributed by atoms with Crippen molar-refractivity contribution >= 4 is 0 Å². The second-order valence-electron chi connectivity index (χ2n) is 4.77. The summed E-state index contributed by atoms with van der Waals surface area (Å²) in [6, 6.07) is 0.367. The van der Waals surface area contributed by atoms with Gasteiger partial charge in [-0.3, -0.25) is 0 Å². The van der Waals surface area contributed by atoms with E-state index in [0.717, 1.165) is 24.6 Å². The summed E-state index contributed by atoms with van der Waals surface area (Å²) in [5.41, 5.74) is 0.309. The van der Waals surface area contributed by atoms with Crippen molar-refractivity contribution in [2.45, 2.75) is 44.1 Å². The molecule has 76 valence electrons. The van der Waals surface area contributed by atoms with Crippen LogP contribution < -0.4 is 5.32 Å². The average Bonchev–Trinajstić information content (AvgIpc) is 2.73. The molecule has 0 radical (unpaired) electrons. The number of nitrogens with one attached hydrogen (secondary N) is 1. The van der Waals surface area contributed by atoms with Gasteiger partial charge in [0.2, 0.25) is 5.89 Å². The first-order chi connectivity index (χ1) is 6.78. The molecule has 1 saturated heterocycles. The second kappa shape index (κ2) is 2.83. The zero-order chi connectivity index (χ0) is 9.60. The minimum Gasteiger partial charge on any atom is -0.443 e. The Kier molecular flexibility index (Phi) is 1.71. The van der Waals surface area contributed by atoms with Crippen molar-refractivity contribution in [2.24, 2.45) is 0 Å². The van der Waals surface area contributed by atoms with Crippen LogP contribution in [0.2, 0.25) is 0 Å². The molecule has 3 rings (SSSR count). The van der Waals surface area contributed by atoms with Gasteiger partial charge in [-0.1, -0.05) is 6.92 Å². The van der Waals surface area contributed by atoms with Crippen molar-refractivity contribution in [3.05, 3.63) is 17.8 Å². The Morgan fingerprint density at radius 1 is 1.57 bits per heavy atom. The molecule has 3 heteroatoms. The van der Waals surface area contributed by atoms with E-state index in [-0.39, 0.29) is 0 Å². The summed E-state index contributed by atoms with van der Waals surface area (Å²) in [6.07, 6.45) is 6.82. The van der Waals surface area contributed by atoms with Crippen molar-refractivity contribution in [3.63, 3.8) is 0 Å². The predicted octanol–water partition coefficient (Wildman–Crippen LogP) is 2.15. The van der Waals surface area contributed by atoms with Gasteiger partial charge < -0.3 is 9.73 Å². The Bertz CT molecular complexity index is 335. The quantitative estimate of drug-likeness (QED) is 0.780. The van der Waals surface area contributed by atoms with E-state index in [4.69, 9.17) is 4.42 Å². The maximum Gasteiger partial charge on any atom is 0.211 e. The predicted molar refractivity (Wildman–Crippen MR) is 53.1 cm³/mol. The largest absolute Gasteiger partial charge is 0.443 e. The number of oxazole rings is 1. The van der Waals surface area contributed by atoms with Crippen molar-refractivity contribution in [1.82, 2.24) is 10.3 Å². The third-order valence-corrected chi connectivity index (χ3v) is 3.48. The van der Waals surface area contributed by atoms with E-state index < -0.39 is 0 Å². The molecular formula is C11H16N2O. The first-order valence-electron chi connectivity index (χ1n) is 5.47. The number of rotatable bonds is 2. The monoisotopic (exact) mass is 192 g/mol. The van der Waals surface area contributed by atoms with Crippen LogP contribution in [0.4, 0.5) is 0 Å². The lowest BCUT2D eigenvalue weighted by Crippen LogP contribution is -2.12. The molecule has 2 fully saturated rings. The molecule has 1 aromatic heterocycles. The molecule has 3 nitrogen and oxygen atoms in total. The Morgan fingerprint density at radius 3 is 3.07 bits per heavy atom. The van der Waals surface area contributed by atoms with E-state index in [2.05, 4.69) is 17.2 Å². The van der Waals surface area contributed by atoms with Crippen LogP contribution in [0.5, 0.6) is 0 Å². The molecule has 1 saturated carbocycles. The fourth-order valence-corrected chi connectivity index (χ4v) is 2.06. The topological polar surface area (TPSA) is 38.1 Å². The first-order valence-corrected chi connectivity index (χ1v) is 5.47. The smallest absolute Gasteiger partial charge is 0.211 e. The fourth-order valence-electron chi connectivity index (χ4n) is 2.06. The van der Waals surface area contributed by atoms with E-state index in [1.165, 1.54) is 19.3 Å². The van der Waals surface area contributed by atoms with E-state index in [1.807, 2.05) is 6.20 Å². The Hall–Kier alpha value is -0.830. The Morgan fingerprint density at radius 2 is 2.43 bits per heavy atom. The molecule has 2 heterocycles. The number of nitrogens with zero attached hydrogens (tertiary/aromatic N) is 1. The molecule has 0 aromatic carbocycles. The second-order valence-corrected chi connectivity index (χ2v) is 4.77. The van der Waals surface area contributed by atoms with Crippen LogP contribution in [0.25, 0.3) is 0 Å². The summed E-state index contributed by atoms with van der Waals surface area (Å²) in [5, 5.41) is 3.40. The lowest BCUT2D eigenvalue weighted by Gasteiger charge is -2.05. The van der Waals surface area contributed by atoms with Gasteiger partial charge in [0.25, 0.3) is 0 Å². The zero-order valence-corrected chi connectivity index (χ0v) is 8.55. The van der Waals surface area contributed by atoms with Gasteiger partial charge >= 0.3 is 0 Å². The van der Waals surface area contributed by atoms with Crippen LogP contribution in [-0.2, 0) is 5.41 Å². The molecule has 1 aliphatic heterocycles. The molecule has 0 spiro atoms. The Balaban J connectivity index is 1.82. The average molecular weight is 192 g/mol. The summed E-state index contributed by atoms with van der Waals surface area (Å²) in [5.74, 6) is 1.98. The fraction of sp³-hybridized carbons (Fsp3) is 0.727. The molecule has 1 aromatic rings. The zero-order valence-electron chi connectivity index (χ0n) is 8.55. The van der Waals surface area contributed by atoms with Gasteiger partial charge in [-0.25, -0.2) is 4.98 Å². The lowest BCUT2D eigenvalue weighted by atomic mass is 10.1. The molecule has 1 aliphatic carbocycles. The Labute approximate surface area is 83.9 Å². The SMILES string of the molecule is CC1(c2cnc(C3CCCN3)o2)CC1. The van der Waals surface area contributed by atoms with Gasteiger partial charge in [0.05, 0.1) is 12.2 Å². The van der Waals surface area contributed by atoms with Gasteiger partial charge in [-0.2, -0.15) is 0 Å². The van der Waals surface area contributed by atoms with Crippen LogP contribution in [0.15, 0.2) is 10.6 Å². The lowest BCUT2D eigenvalue weighted by molar-refractivity contribution is 0.384. The van der Waals surface area contributed by atoms with Gasteiger partial charge in [-0.15, -0.1) is 0 Å². The van der Waals surface area contributed by atoms with Crippen LogP contribution >= 0.6 is 0 Å². The van der Waals surface area contributed by atoms with Gasteiger partial charge in [0, 0.05) is 5.41 Å². The molecule has 1 N–H and O–H groups in total. The summed E-state index contributed by atoms with van der Waals surface area (Å²) in [6.45, 7) is 3.35. The van der Waals surface area contributed by atoms with Crippen LogP contribution in [-0.4, -0.2) is 11.5 Å². The summed E-state index contributed by atoms with van der Waals surface area (Å²) >= 11 is 0. The maximum absolute atomic E-state index is 5.82. The first kappa shape index (κ1) is 8.48. The molecule has 14 heavy (non-hydrogen) atoms. The number of hydrogen-bond donors (Lipinski definition) is 1. The van der Waals surface area contributed by atoms with Crippen molar-refractivity contribution in [2.75, 3.05) is 6.54 Å². The summed E-state index contributed by atoms with van der Waals surface area (Å²) < 4.78 is 5.82. The highest BCUT2D eigenvalue weighted by Gasteiger charge is 2.42. The molecule has 1 unspecified atom stereocenters. The third kappa shape index (κ3) is 1.27. The molecule has 0 bridgehead atoms. The van der Waals surface area contributed by atoms with Crippen molar-refractivity contribution in [3.8, 4) is 0 Å². The summed E-state index contributed by atoms with van der Waals surface area (Å²) in [4.78, 5) is 4.38.